The molecule has 0 aliphatic carbocycles. The summed E-state index contributed by atoms with van der Waals surface area (Å²) in [6, 6.07) is 2.70. The molecule has 0 radical (unpaired) electrons. The van der Waals surface area contributed by atoms with Crippen molar-refractivity contribution in [3.8, 4) is 0 Å². The first-order valence-corrected chi connectivity index (χ1v) is 7.73. The summed E-state index contributed by atoms with van der Waals surface area (Å²) in [5, 5.41) is 5.76. The molecule has 4 heteroatoms. The number of rotatable bonds is 1. The summed E-state index contributed by atoms with van der Waals surface area (Å²) in [4.78, 5) is 1.30. The smallest absolute Gasteiger partial charge is 0.104 e. The molecule has 0 spiro atoms. The van der Waals surface area contributed by atoms with Gasteiger partial charge in [-0.05, 0) is 33.8 Å². The van der Waals surface area contributed by atoms with Crippen LogP contribution in [0.25, 0.3) is 0 Å². The molecule has 1 N–H and O–H groups in total. The van der Waals surface area contributed by atoms with E-state index >= 15 is 0 Å². The average Bonchev–Trinajstić information content (AvgIpc) is 2.53. The summed E-state index contributed by atoms with van der Waals surface area (Å²) in [5.41, 5.74) is 0.300. The van der Waals surface area contributed by atoms with E-state index in [1.807, 2.05) is 0 Å². The monoisotopic (exact) mass is 317 g/mol. The summed E-state index contributed by atoms with van der Waals surface area (Å²) in [6.07, 6.45) is 1.30. The molecule has 0 aromatic carbocycles. The molecule has 1 aliphatic rings. The summed E-state index contributed by atoms with van der Waals surface area (Å²) in [6.45, 7) is 8.61. The van der Waals surface area contributed by atoms with Crippen LogP contribution in [0.3, 0.4) is 0 Å². The molecule has 1 aromatic rings. The number of hydrogen-bond donors (Lipinski definition) is 1. The standard InChI is InChI=1S/C13H20BrNOS/c1-13(2,3)12-4-5-16-10(7-15-12)11-6-9(14)8-17-11/h6,8,10,12,15H,4-5,7H2,1-3H3. The Balaban J connectivity index is 2.01. The largest absolute Gasteiger partial charge is 0.371 e. The van der Waals surface area contributed by atoms with Crippen LogP contribution < -0.4 is 5.32 Å². The molecule has 0 saturated carbocycles. The fraction of sp³-hybridized carbons (Fsp3) is 0.692. The van der Waals surface area contributed by atoms with Crippen molar-refractivity contribution < 1.29 is 4.74 Å². The number of ether oxygens (including phenoxy) is 1. The Hall–Kier alpha value is 0.1000. The van der Waals surface area contributed by atoms with Gasteiger partial charge in [-0.25, -0.2) is 0 Å². The fourth-order valence-corrected chi connectivity index (χ4v) is 3.65. The Morgan fingerprint density at radius 1 is 1.47 bits per heavy atom. The minimum Gasteiger partial charge on any atom is -0.371 e. The van der Waals surface area contributed by atoms with Crippen LogP contribution in [0.1, 0.15) is 38.2 Å². The first kappa shape index (κ1) is 13.5. The van der Waals surface area contributed by atoms with Crippen LogP contribution in [-0.4, -0.2) is 19.2 Å². The molecule has 1 fully saturated rings. The molecular formula is C13H20BrNOS. The molecule has 96 valence electrons. The number of hydrogen-bond acceptors (Lipinski definition) is 3. The third-order valence-corrected chi connectivity index (χ3v) is 5.01. The van der Waals surface area contributed by atoms with Crippen LogP contribution in [0.5, 0.6) is 0 Å². The van der Waals surface area contributed by atoms with Gasteiger partial charge in [0.1, 0.15) is 6.10 Å². The van der Waals surface area contributed by atoms with Crippen LogP contribution in [0.4, 0.5) is 0 Å². The Kier molecular flexibility index (Phi) is 4.29. The lowest BCUT2D eigenvalue weighted by molar-refractivity contribution is 0.0677. The zero-order chi connectivity index (χ0) is 12.5. The summed E-state index contributed by atoms with van der Waals surface area (Å²) in [5.74, 6) is 0. The molecular weight excluding hydrogens is 298 g/mol. The lowest BCUT2D eigenvalue weighted by Gasteiger charge is -2.30. The van der Waals surface area contributed by atoms with Crippen molar-refractivity contribution in [1.29, 1.82) is 0 Å². The average molecular weight is 318 g/mol. The third kappa shape index (κ3) is 3.53. The first-order valence-electron chi connectivity index (χ1n) is 6.06. The van der Waals surface area contributed by atoms with E-state index < -0.39 is 0 Å². The molecule has 1 aromatic heterocycles. The predicted molar refractivity (Wildman–Crippen MR) is 76.6 cm³/mol. The van der Waals surface area contributed by atoms with E-state index in [4.69, 9.17) is 4.74 Å². The van der Waals surface area contributed by atoms with Gasteiger partial charge >= 0.3 is 0 Å². The lowest BCUT2D eigenvalue weighted by Crippen LogP contribution is -2.40. The zero-order valence-electron chi connectivity index (χ0n) is 10.6. The molecule has 2 heterocycles. The van der Waals surface area contributed by atoms with Gasteiger partial charge in [-0.3, -0.25) is 0 Å². The van der Waals surface area contributed by atoms with Gasteiger partial charge in [-0.1, -0.05) is 20.8 Å². The van der Waals surface area contributed by atoms with E-state index in [9.17, 15) is 0 Å². The molecule has 1 saturated heterocycles. The second kappa shape index (κ2) is 5.39. The summed E-state index contributed by atoms with van der Waals surface area (Å²) in [7, 11) is 0. The van der Waals surface area contributed by atoms with E-state index in [-0.39, 0.29) is 6.10 Å². The van der Waals surface area contributed by atoms with Gasteiger partial charge in [0.2, 0.25) is 0 Å². The summed E-state index contributed by atoms with van der Waals surface area (Å²) < 4.78 is 7.11. The van der Waals surface area contributed by atoms with Gasteiger partial charge in [-0.15, -0.1) is 11.3 Å². The number of thiophene rings is 1. The van der Waals surface area contributed by atoms with Crippen molar-refractivity contribution in [2.24, 2.45) is 5.41 Å². The Morgan fingerprint density at radius 2 is 2.24 bits per heavy atom. The zero-order valence-corrected chi connectivity index (χ0v) is 13.0. The Bertz CT molecular complexity index is 372. The van der Waals surface area contributed by atoms with E-state index in [0.717, 1.165) is 24.0 Å². The normalized spacial score (nSPS) is 26.8. The minimum atomic E-state index is 0.207. The molecule has 1 aliphatic heterocycles. The minimum absolute atomic E-state index is 0.207. The van der Waals surface area contributed by atoms with Crippen LogP contribution in [0.2, 0.25) is 0 Å². The maximum Gasteiger partial charge on any atom is 0.104 e. The first-order chi connectivity index (χ1) is 7.97. The second-order valence-electron chi connectivity index (χ2n) is 5.64. The van der Waals surface area contributed by atoms with E-state index in [1.54, 1.807) is 11.3 Å². The van der Waals surface area contributed by atoms with Crippen molar-refractivity contribution in [1.82, 2.24) is 5.32 Å². The van der Waals surface area contributed by atoms with Gasteiger partial charge in [0.15, 0.2) is 0 Å². The quantitative estimate of drug-likeness (QED) is 0.846. The van der Waals surface area contributed by atoms with Crippen LogP contribution in [0, 0.1) is 5.41 Å². The van der Waals surface area contributed by atoms with Crippen molar-refractivity contribution in [2.45, 2.75) is 39.3 Å². The van der Waals surface area contributed by atoms with Gasteiger partial charge in [0.05, 0.1) is 0 Å². The van der Waals surface area contributed by atoms with E-state index in [1.165, 1.54) is 4.88 Å². The number of nitrogens with one attached hydrogen (secondary N) is 1. The predicted octanol–water partition coefficient (Wildman–Crippen LogP) is 3.98. The third-order valence-electron chi connectivity index (χ3n) is 3.23. The fourth-order valence-electron chi connectivity index (χ4n) is 2.16. The number of halogens is 1. The van der Waals surface area contributed by atoms with Crippen molar-refractivity contribution in [2.75, 3.05) is 13.2 Å². The van der Waals surface area contributed by atoms with Crippen LogP contribution in [-0.2, 0) is 4.74 Å². The van der Waals surface area contributed by atoms with Crippen molar-refractivity contribution in [3.05, 3.63) is 20.8 Å². The van der Waals surface area contributed by atoms with Gasteiger partial charge in [0.25, 0.3) is 0 Å². The van der Waals surface area contributed by atoms with E-state index in [2.05, 4.69) is 53.5 Å². The van der Waals surface area contributed by atoms with Gasteiger partial charge < -0.3 is 10.1 Å². The maximum atomic E-state index is 5.95. The molecule has 2 nitrogen and oxygen atoms in total. The highest BCUT2D eigenvalue weighted by molar-refractivity contribution is 9.10. The van der Waals surface area contributed by atoms with Crippen LogP contribution in [0.15, 0.2) is 15.9 Å². The van der Waals surface area contributed by atoms with Crippen molar-refractivity contribution in [3.63, 3.8) is 0 Å². The summed E-state index contributed by atoms with van der Waals surface area (Å²) >= 11 is 5.26. The highest BCUT2D eigenvalue weighted by Gasteiger charge is 2.28. The Labute approximate surface area is 116 Å². The maximum absolute atomic E-state index is 5.95. The second-order valence-corrected chi connectivity index (χ2v) is 7.50. The molecule has 2 unspecified atom stereocenters. The molecule has 2 rings (SSSR count). The Morgan fingerprint density at radius 3 is 2.82 bits per heavy atom. The van der Waals surface area contributed by atoms with Gasteiger partial charge in [-0.2, -0.15) is 0 Å². The highest BCUT2D eigenvalue weighted by Crippen LogP contribution is 2.31. The highest BCUT2D eigenvalue weighted by atomic mass is 79.9. The lowest BCUT2D eigenvalue weighted by atomic mass is 9.85. The van der Waals surface area contributed by atoms with E-state index in [0.29, 0.717) is 11.5 Å². The van der Waals surface area contributed by atoms with Crippen LogP contribution >= 0.6 is 27.3 Å². The molecule has 17 heavy (non-hydrogen) atoms. The molecule has 2 atom stereocenters. The molecule has 0 amide bonds. The van der Waals surface area contributed by atoms with Gasteiger partial charge in [0, 0.05) is 33.9 Å². The topological polar surface area (TPSA) is 21.3 Å². The van der Waals surface area contributed by atoms with Crippen molar-refractivity contribution >= 4 is 27.3 Å². The SMILES string of the molecule is CC(C)(C)C1CCOC(c2cc(Br)cs2)CN1. The molecule has 0 bridgehead atoms.